The number of nitro benzene ring substituents is 1. The molecule has 0 bridgehead atoms. The van der Waals surface area contributed by atoms with Gasteiger partial charge in [-0.05, 0) is 49.6 Å². The van der Waals surface area contributed by atoms with Crippen LogP contribution in [0.15, 0.2) is 42.5 Å². The Morgan fingerprint density at radius 3 is 2.71 bits per heavy atom. The van der Waals surface area contributed by atoms with Crippen molar-refractivity contribution in [2.24, 2.45) is 0 Å². The number of aryl methyl sites for hydroxylation is 1. The van der Waals surface area contributed by atoms with E-state index in [-0.39, 0.29) is 17.5 Å². The van der Waals surface area contributed by atoms with E-state index in [1.54, 1.807) is 18.2 Å². The van der Waals surface area contributed by atoms with Crippen LogP contribution in [-0.2, 0) is 6.42 Å². The second kappa shape index (κ2) is 6.35. The predicted molar refractivity (Wildman–Crippen MR) is 81.0 cm³/mol. The molecule has 0 saturated heterocycles. The van der Waals surface area contributed by atoms with E-state index < -0.39 is 4.92 Å². The highest BCUT2D eigenvalue weighted by Gasteiger charge is 2.15. The molecule has 0 heterocycles. The lowest BCUT2D eigenvalue weighted by atomic mass is 10.1. The van der Waals surface area contributed by atoms with Crippen molar-refractivity contribution in [1.82, 2.24) is 0 Å². The Bertz CT molecular complexity index is 658. The number of hydrogen-bond donors (Lipinski definition) is 1. The standard InChI is InChI=1S/C16H17FN2O2/c1-11-6-7-16(19(20)21)15(8-11)18-12(2)9-13-4-3-5-14(17)10-13/h3-8,10,12,18H,9H2,1-2H3. The summed E-state index contributed by atoms with van der Waals surface area (Å²) in [5.41, 5.74) is 2.34. The zero-order valence-corrected chi connectivity index (χ0v) is 12.0. The van der Waals surface area contributed by atoms with Crippen LogP contribution in [-0.4, -0.2) is 11.0 Å². The molecule has 2 aromatic rings. The van der Waals surface area contributed by atoms with Gasteiger partial charge in [-0.1, -0.05) is 18.2 Å². The summed E-state index contributed by atoms with van der Waals surface area (Å²) < 4.78 is 13.2. The minimum absolute atomic E-state index is 0.0479. The molecule has 0 aliphatic carbocycles. The number of halogens is 1. The maximum atomic E-state index is 13.2. The van der Waals surface area contributed by atoms with Gasteiger partial charge < -0.3 is 5.32 Å². The first-order valence-electron chi connectivity index (χ1n) is 6.71. The fraction of sp³-hybridized carbons (Fsp3) is 0.250. The van der Waals surface area contributed by atoms with Gasteiger partial charge in [0.1, 0.15) is 11.5 Å². The normalized spacial score (nSPS) is 12.0. The largest absolute Gasteiger partial charge is 0.377 e. The molecule has 0 fully saturated rings. The molecule has 0 aliphatic heterocycles. The molecule has 0 amide bonds. The van der Waals surface area contributed by atoms with E-state index in [9.17, 15) is 14.5 Å². The Morgan fingerprint density at radius 1 is 1.29 bits per heavy atom. The lowest BCUT2D eigenvalue weighted by Crippen LogP contribution is -2.19. The summed E-state index contributed by atoms with van der Waals surface area (Å²) in [6, 6.07) is 11.3. The molecule has 21 heavy (non-hydrogen) atoms. The molecule has 1 unspecified atom stereocenters. The van der Waals surface area contributed by atoms with Gasteiger partial charge >= 0.3 is 0 Å². The van der Waals surface area contributed by atoms with Crippen LogP contribution in [0.1, 0.15) is 18.1 Å². The second-order valence-corrected chi connectivity index (χ2v) is 5.16. The molecule has 0 spiro atoms. The molecule has 0 aromatic heterocycles. The fourth-order valence-corrected chi connectivity index (χ4v) is 2.26. The Labute approximate surface area is 122 Å². The van der Waals surface area contributed by atoms with Crippen LogP contribution >= 0.6 is 0 Å². The molecule has 4 nitrogen and oxygen atoms in total. The minimum atomic E-state index is -0.406. The highest BCUT2D eigenvalue weighted by Crippen LogP contribution is 2.26. The van der Waals surface area contributed by atoms with Crippen molar-refractivity contribution in [2.75, 3.05) is 5.32 Å². The van der Waals surface area contributed by atoms with Crippen LogP contribution < -0.4 is 5.32 Å². The predicted octanol–water partition coefficient (Wildman–Crippen LogP) is 4.09. The van der Waals surface area contributed by atoms with Crippen molar-refractivity contribution >= 4 is 11.4 Å². The van der Waals surface area contributed by atoms with E-state index in [1.807, 2.05) is 19.9 Å². The monoisotopic (exact) mass is 288 g/mol. The third kappa shape index (κ3) is 4.02. The third-order valence-corrected chi connectivity index (χ3v) is 3.18. The Kier molecular flexibility index (Phi) is 4.52. The van der Waals surface area contributed by atoms with Crippen LogP contribution in [0.5, 0.6) is 0 Å². The Morgan fingerprint density at radius 2 is 2.05 bits per heavy atom. The second-order valence-electron chi connectivity index (χ2n) is 5.16. The average molecular weight is 288 g/mol. The first kappa shape index (κ1) is 15.0. The number of nitrogens with zero attached hydrogens (tertiary/aromatic N) is 1. The Hall–Kier alpha value is -2.43. The van der Waals surface area contributed by atoms with Crippen molar-refractivity contribution in [2.45, 2.75) is 26.3 Å². The van der Waals surface area contributed by atoms with Gasteiger partial charge in [0.05, 0.1) is 4.92 Å². The van der Waals surface area contributed by atoms with Gasteiger partial charge in [0.15, 0.2) is 0 Å². The molecule has 2 rings (SSSR count). The summed E-state index contributed by atoms with van der Waals surface area (Å²) in [6.45, 7) is 3.79. The van der Waals surface area contributed by atoms with Gasteiger partial charge in [-0.25, -0.2) is 4.39 Å². The van der Waals surface area contributed by atoms with E-state index in [4.69, 9.17) is 0 Å². The van der Waals surface area contributed by atoms with Crippen molar-refractivity contribution in [3.63, 3.8) is 0 Å². The summed E-state index contributed by atoms with van der Waals surface area (Å²) in [7, 11) is 0. The van der Waals surface area contributed by atoms with Gasteiger partial charge in [-0.15, -0.1) is 0 Å². The van der Waals surface area contributed by atoms with E-state index in [2.05, 4.69) is 5.32 Å². The summed E-state index contributed by atoms with van der Waals surface area (Å²) in [5, 5.41) is 14.2. The molecular weight excluding hydrogens is 271 g/mol. The molecular formula is C16H17FN2O2. The number of nitrogens with one attached hydrogen (secondary N) is 1. The molecule has 1 atom stereocenters. The molecule has 1 N–H and O–H groups in total. The van der Waals surface area contributed by atoms with Crippen molar-refractivity contribution in [3.05, 3.63) is 69.5 Å². The maximum Gasteiger partial charge on any atom is 0.292 e. The van der Waals surface area contributed by atoms with Crippen LogP contribution in [0.2, 0.25) is 0 Å². The average Bonchev–Trinajstić information content (AvgIpc) is 2.38. The number of anilines is 1. The fourth-order valence-electron chi connectivity index (χ4n) is 2.26. The maximum absolute atomic E-state index is 13.2. The molecule has 0 saturated carbocycles. The van der Waals surface area contributed by atoms with E-state index in [0.29, 0.717) is 12.1 Å². The summed E-state index contributed by atoms with van der Waals surface area (Å²) >= 11 is 0. The summed E-state index contributed by atoms with van der Waals surface area (Å²) in [6.07, 6.45) is 0.586. The lowest BCUT2D eigenvalue weighted by molar-refractivity contribution is -0.384. The SMILES string of the molecule is Cc1ccc([N+](=O)[O-])c(NC(C)Cc2cccc(F)c2)c1. The first-order valence-corrected chi connectivity index (χ1v) is 6.71. The number of benzene rings is 2. The topological polar surface area (TPSA) is 55.2 Å². The highest BCUT2D eigenvalue weighted by molar-refractivity contribution is 5.63. The number of hydrogen-bond acceptors (Lipinski definition) is 3. The zero-order chi connectivity index (χ0) is 15.4. The van der Waals surface area contributed by atoms with E-state index in [1.165, 1.54) is 18.2 Å². The zero-order valence-electron chi connectivity index (χ0n) is 12.0. The highest BCUT2D eigenvalue weighted by atomic mass is 19.1. The molecule has 0 aliphatic rings. The quantitative estimate of drug-likeness (QED) is 0.666. The van der Waals surface area contributed by atoms with Crippen LogP contribution in [0, 0.1) is 22.9 Å². The van der Waals surface area contributed by atoms with Crippen molar-refractivity contribution in [1.29, 1.82) is 0 Å². The molecule has 110 valence electrons. The first-order chi connectivity index (χ1) is 9.95. The summed E-state index contributed by atoms with van der Waals surface area (Å²) in [5.74, 6) is -0.277. The van der Waals surface area contributed by atoms with Crippen molar-refractivity contribution in [3.8, 4) is 0 Å². The van der Waals surface area contributed by atoms with Crippen LogP contribution in [0.3, 0.4) is 0 Å². The number of nitro groups is 1. The summed E-state index contributed by atoms with van der Waals surface area (Å²) in [4.78, 5) is 10.6. The molecule has 2 aromatic carbocycles. The van der Waals surface area contributed by atoms with Crippen LogP contribution in [0.25, 0.3) is 0 Å². The lowest BCUT2D eigenvalue weighted by Gasteiger charge is -2.16. The third-order valence-electron chi connectivity index (χ3n) is 3.18. The van der Waals surface area contributed by atoms with E-state index >= 15 is 0 Å². The van der Waals surface area contributed by atoms with Gasteiger partial charge in [0.25, 0.3) is 5.69 Å². The Balaban J connectivity index is 2.14. The van der Waals surface area contributed by atoms with Gasteiger partial charge in [0, 0.05) is 12.1 Å². The van der Waals surface area contributed by atoms with Gasteiger partial charge in [-0.2, -0.15) is 0 Å². The minimum Gasteiger partial charge on any atom is -0.377 e. The molecule has 0 radical (unpaired) electrons. The van der Waals surface area contributed by atoms with Crippen LogP contribution in [0.4, 0.5) is 15.8 Å². The number of rotatable bonds is 5. The van der Waals surface area contributed by atoms with Gasteiger partial charge in [0.2, 0.25) is 0 Å². The van der Waals surface area contributed by atoms with E-state index in [0.717, 1.165) is 11.1 Å². The van der Waals surface area contributed by atoms with Crippen molar-refractivity contribution < 1.29 is 9.31 Å². The molecule has 5 heteroatoms. The van der Waals surface area contributed by atoms with Gasteiger partial charge in [-0.3, -0.25) is 10.1 Å². The smallest absolute Gasteiger partial charge is 0.292 e.